The zero-order valence-corrected chi connectivity index (χ0v) is 9.84. The number of nitrogens with one attached hydrogen (secondary N) is 2. The van der Waals surface area contributed by atoms with Gasteiger partial charge in [0, 0.05) is 23.1 Å². The normalized spacial score (nSPS) is 21.1. The summed E-state index contributed by atoms with van der Waals surface area (Å²) >= 11 is 2.44. The second kappa shape index (κ2) is 3.24. The second-order valence-corrected chi connectivity index (χ2v) is 4.88. The van der Waals surface area contributed by atoms with Crippen molar-refractivity contribution in [1.29, 1.82) is 0 Å². The molecule has 0 spiro atoms. The first-order valence-corrected chi connectivity index (χ1v) is 6.08. The number of aromatic nitrogens is 1. The minimum absolute atomic E-state index is 0.434. The predicted molar refractivity (Wildman–Crippen MR) is 66.8 cm³/mol. The largest absolute Gasteiger partial charge is 0.356 e. The topological polar surface area (TPSA) is 27.8 Å². The van der Waals surface area contributed by atoms with Crippen molar-refractivity contribution < 1.29 is 0 Å². The van der Waals surface area contributed by atoms with Crippen molar-refractivity contribution in [2.24, 2.45) is 0 Å². The van der Waals surface area contributed by atoms with Crippen molar-refractivity contribution in [2.45, 2.75) is 10.5 Å². The summed E-state index contributed by atoms with van der Waals surface area (Å²) in [6.45, 7) is 1.09. The van der Waals surface area contributed by atoms with Gasteiger partial charge in [0.05, 0.1) is 0 Å². The van der Waals surface area contributed by atoms with Crippen LogP contribution in [-0.2, 0) is 6.42 Å². The highest BCUT2D eigenvalue weighted by atomic mass is 127. The van der Waals surface area contributed by atoms with Crippen LogP contribution in [0.2, 0.25) is 0 Å². The number of rotatable bonds is 0. The molecule has 1 aromatic carbocycles. The summed E-state index contributed by atoms with van der Waals surface area (Å²) in [7, 11) is 0. The zero-order valence-electron chi connectivity index (χ0n) is 7.68. The number of hydrogen-bond acceptors (Lipinski definition) is 1. The average Bonchev–Trinajstić information content (AvgIpc) is 2.59. The molecule has 2 heterocycles. The number of fused-ring (bicyclic) bond motifs is 3. The van der Waals surface area contributed by atoms with E-state index >= 15 is 0 Å². The number of benzene rings is 1. The lowest BCUT2D eigenvalue weighted by Gasteiger charge is -2.18. The Morgan fingerprint density at radius 3 is 3.07 bits per heavy atom. The van der Waals surface area contributed by atoms with E-state index in [4.69, 9.17) is 0 Å². The molecule has 2 aromatic rings. The molecule has 3 heteroatoms. The molecule has 2 N–H and O–H groups in total. The highest BCUT2D eigenvalue weighted by molar-refractivity contribution is 14.1. The van der Waals surface area contributed by atoms with Crippen LogP contribution in [0.4, 0.5) is 0 Å². The van der Waals surface area contributed by atoms with E-state index in [-0.39, 0.29) is 0 Å². The number of aromatic amines is 1. The number of H-pyrrole nitrogens is 1. The summed E-state index contributed by atoms with van der Waals surface area (Å²) in [4.78, 5) is 3.50. The van der Waals surface area contributed by atoms with Crippen molar-refractivity contribution in [3.63, 3.8) is 0 Å². The molecule has 72 valence electrons. The van der Waals surface area contributed by atoms with Gasteiger partial charge in [0.25, 0.3) is 0 Å². The Morgan fingerprint density at radius 1 is 1.29 bits per heavy atom. The number of alkyl halides is 1. The van der Waals surface area contributed by atoms with Crippen molar-refractivity contribution in [3.8, 4) is 0 Å². The van der Waals surface area contributed by atoms with Gasteiger partial charge < -0.3 is 10.3 Å². The summed E-state index contributed by atoms with van der Waals surface area (Å²) in [5, 5.41) is 4.85. The van der Waals surface area contributed by atoms with Gasteiger partial charge in [-0.15, -0.1) is 0 Å². The Morgan fingerprint density at radius 2 is 2.14 bits per heavy atom. The third-order valence-corrected chi connectivity index (χ3v) is 3.86. The van der Waals surface area contributed by atoms with Crippen molar-refractivity contribution in [2.75, 3.05) is 6.54 Å². The first-order valence-electron chi connectivity index (χ1n) is 4.83. The molecular weight excluding hydrogens is 287 g/mol. The van der Waals surface area contributed by atoms with Gasteiger partial charge in [-0.05, 0) is 18.1 Å². The van der Waals surface area contributed by atoms with E-state index in [1.807, 2.05) is 0 Å². The third kappa shape index (κ3) is 1.19. The van der Waals surface area contributed by atoms with Gasteiger partial charge in [0.2, 0.25) is 0 Å². The van der Waals surface area contributed by atoms with Crippen LogP contribution < -0.4 is 5.32 Å². The monoisotopic (exact) mass is 298 g/mol. The molecule has 14 heavy (non-hydrogen) atoms. The van der Waals surface area contributed by atoms with E-state index in [1.165, 1.54) is 22.2 Å². The number of halogens is 1. The zero-order chi connectivity index (χ0) is 9.54. The van der Waals surface area contributed by atoms with Crippen LogP contribution in [0.25, 0.3) is 10.9 Å². The van der Waals surface area contributed by atoms with Crippen LogP contribution >= 0.6 is 22.6 Å². The van der Waals surface area contributed by atoms with E-state index in [2.05, 4.69) is 57.2 Å². The summed E-state index contributed by atoms with van der Waals surface area (Å²) in [6.07, 6.45) is 1.14. The maximum atomic E-state index is 3.50. The maximum absolute atomic E-state index is 3.50. The fourth-order valence-corrected chi connectivity index (χ4v) is 2.98. The van der Waals surface area contributed by atoms with E-state index in [9.17, 15) is 0 Å². The fraction of sp³-hybridized carbons (Fsp3) is 0.273. The standard InChI is InChI=1S/C11H11IN2/c12-11-10-8(5-6-13-11)7-3-1-2-4-9(7)14-10/h1-4,11,13-14H,5-6H2. The van der Waals surface area contributed by atoms with Crippen LogP contribution in [-0.4, -0.2) is 11.5 Å². The Bertz CT molecular complexity index is 475. The Hall–Kier alpha value is -0.550. The molecule has 1 unspecified atom stereocenters. The van der Waals surface area contributed by atoms with Gasteiger partial charge in [-0.1, -0.05) is 40.8 Å². The fourth-order valence-electron chi connectivity index (χ4n) is 2.13. The molecule has 0 bridgehead atoms. The molecule has 1 aliphatic heterocycles. The summed E-state index contributed by atoms with van der Waals surface area (Å²) in [6, 6.07) is 8.55. The van der Waals surface area contributed by atoms with E-state index in [0.29, 0.717) is 4.05 Å². The first kappa shape index (κ1) is 8.73. The van der Waals surface area contributed by atoms with Crippen LogP contribution in [0.1, 0.15) is 15.3 Å². The SMILES string of the molecule is IC1NCCc2c1[nH]c1ccccc21. The Balaban J connectivity index is 2.32. The third-order valence-electron chi connectivity index (χ3n) is 2.80. The van der Waals surface area contributed by atoms with Crippen molar-refractivity contribution in [3.05, 3.63) is 35.5 Å². The van der Waals surface area contributed by atoms with Gasteiger partial charge in [0.15, 0.2) is 0 Å². The molecule has 0 saturated carbocycles. The molecule has 1 aromatic heterocycles. The summed E-state index contributed by atoms with van der Waals surface area (Å²) in [5.74, 6) is 0. The molecule has 0 saturated heterocycles. The first-order chi connectivity index (χ1) is 6.86. The van der Waals surface area contributed by atoms with E-state index in [1.54, 1.807) is 0 Å². The molecule has 2 nitrogen and oxygen atoms in total. The smallest absolute Gasteiger partial charge is 0.100 e. The van der Waals surface area contributed by atoms with E-state index in [0.717, 1.165) is 13.0 Å². The Labute approximate surface area is 96.2 Å². The summed E-state index contributed by atoms with van der Waals surface area (Å²) < 4.78 is 0.434. The van der Waals surface area contributed by atoms with Gasteiger partial charge in [-0.3, -0.25) is 0 Å². The highest BCUT2D eigenvalue weighted by Crippen LogP contribution is 2.32. The van der Waals surface area contributed by atoms with E-state index < -0.39 is 0 Å². The highest BCUT2D eigenvalue weighted by Gasteiger charge is 2.20. The minimum atomic E-state index is 0.434. The average molecular weight is 298 g/mol. The molecule has 1 aliphatic rings. The Kier molecular flexibility index (Phi) is 2.02. The molecule has 0 fully saturated rings. The van der Waals surface area contributed by atoms with Crippen molar-refractivity contribution >= 4 is 33.5 Å². The van der Waals surface area contributed by atoms with Crippen LogP contribution in [0.15, 0.2) is 24.3 Å². The van der Waals surface area contributed by atoms with Crippen LogP contribution in [0, 0.1) is 0 Å². The predicted octanol–water partition coefficient (Wildman–Crippen LogP) is 2.75. The van der Waals surface area contributed by atoms with Gasteiger partial charge in [-0.25, -0.2) is 0 Å². The quantitative estimate of drug-likeness (QED) is 0.437. The second-order valence-electron chi connectivity index (χ2n) is 3.63. The van der Waals surface area contributed by atoms with Crippen molar-refractivity contribution in [1.82, 2.24) is 10.3 Å². The lowest BCUT2D eigenvalue weighted by atomic mass is 10.1. The molecule has 3 rings (SSSR count). The van der Waals surface area contributed by atoms with Crippen LogP contribution in [0.5, 0.6) is 0 Å². The number of hydrogen-bond donors (Lipinski definition) is 2. The van der Waals surface area contributed by atoms with Gasteiger partial charge in [0.1, 0.15) is 4.05 Å². The molecule has 0 aliphatic carbocycles. The molecule has 0 radical (unpaired) electrons. The molecular formula is C11H11IN2. The summed E-state index contributed by atoms with van der Waals surface area (Å²) in [5.41, 5.74) is 4.12. The van der Waals surface area contributed by atoms with Gasteiger partial charge in [-0.2, -0.15) is 0 Å². The maximum Gasteiger partial charge on any atom is 0.100 e. The lowest BCUT2D eigenvalue weighted by Crippen LogP contribution is -2.25. The van der Waals surface area contributed by atoms with Crippen LogP contribution in [0.3, 0.4) is 0 Å². The number of para-hydroxylation sites is 1. The lowest BCUT2D eigenvalue weighted by molar-refractivity contribution is 0.641. The molecule has 0 amide bonds. The molecule has 1 atom stereocenters. The minimum Gasteiger partial charge on any atom is -0.356 e. The van der Waals surface area contributed by atoms with Gasteiger partial charge >= 0.3 is 0 Å².